The first kappa shape index (κ1) is 14.0. The van der Waals surface area contributed by atoms with Crippen molar-refractivity contribution in [2.24, 2.45) is 0 Å². The van der Waals surface area contributed by atoms with Gasteiger partial charge >= 0.3 is 5.97 Å². The summed E-state index contributed by atoms with van der Waals surface area (Å²) in [5.74, 6) is -0.422. The monoisotopic (exact) mass is 274 g/mol. The number of aryl methyl sites for hydroxylation is 1. The van der Waals surface area contributed by atoms with Crippen LogP contribution in [0.25, 0.3) is 0 Å². The molecule has 0 saturated heterocycles. The van der Waals surface area contributed by atoms with Crippen LogP contribution in [0.15, 0.2) is 37.1 Å². The highest BCUT2D eigenvalue weighted by atomic mass is 16.5. The quantitative estimate of drug-likeness (QED) is 0.617. The Bertz CT molecular complexity index is 540. The number of hydrogen-bond donors (Lipinski definition) is 1. The van der Waals surface area contributed by atoms with Crippen LogP contribution in [0, 0.1) is 0 Å². The molecule has 2 aromatic heterocycles. The lowest BCUT2D eigenvalue weighted by Gasteiger charge is -2.07. The van der Waals surface area contributed by atoms with Crippen LogP contribution in [0.4, 0.5) is 5.69 Å². The number of carbonyl (C=O) groups is 1. The van der Waals surface area contributed by atoms with Crippen LogP contribution in [0.3, 0.4) is 0 Å². The van der Waals surface area contributed by atoms with E-state index in [0.717, 1.165) is 31.6 Å². The minimum absolute atomic E-state index is 0.316. The van der Waals surface area contributed by atoms with Gasteiger partial charge in [-0.05, 0) is 25.0 Å². The van der Waals surface area contributed by atoms with Crippen molar-refractivity contribution in [1.82, 2.24) is 14.5 Å². The molecule has 6 nitrogen and oxygen atoms in total. The fourth-order valence-electron chi connectivity index (χ4n) is 1.83. The summed E-state index contributed by atoms with van der Waals surface area (Å²) >= 11 is 0. The van der Waals surface area contributed by atoms with Gasteiger partial charge in [0.15, 0.2) is 0 Å². The molecule has 1 N–H and O–H groups in total. The Labute approximate surface area is 117 Å². The summed E-state index contributed by atoms with van der Waals surface area (Å²) in [6.45, 7) is 1.81. The molecule has 0 atom stereocenters. The van der Waals surface area contributed by atoms with Gasteiger partial charge in [-0.2, -0.15) is 0 Å². The lowest BCUT2D eigenvalue weighted by Crippen LogP contribution is -2.07. The van der Waals surface area contributed by atoms with Crippen molar-refractivity contribution in [1.29, 1.82) is 0 Å². The zero-order valence-electron chi connectivity index (χ0n) is 11.5. The minimum Gasteiger partial charge on any atom is -0.464 e. The lowest BCUT2D eigenvalue weighted by atomic mass is 10.2. The van der Waals surface area contributed by atoms with Crippen molar-refractivity contribution >= 4 is 11.7 Å². The molecule has 0 bridgehead atoms. The third-order valence-electron chi connectivity index (χ3n) is 2.89. The molecule has 0 aliphatic carbocycles. The number of pyridine rings is 1. The maximum atomic E-state index is 11.4. The molecule has 0 spiro atoms. The van der Waals surface area contributed by atoms with Crippen LogP contribution in [0.2, 0.25) is 0 Å². The van der Waals surface area contributed by atoms with E-state index < -0.39 is 5.97 Å². The second-order valence-electron chi connectivity index (χ2n) is 4.36. The first-order chi connectivity index (χ1) is 9.79. The molecule has 106 valence electrons. The molecule has 0 amide bonds. The average Bonchev–Trinajstić information content (AvgIpc) is 2.99. The molecule has 0 aromatic carbocycles. The van der Waals surface area contributed by atoms with E-state index >= 15 is 0 Å². The first-order valence-electron chi connectivity index (χ1n) is 6.53. The Morgan fingerprint density at radius 1 is 1.40 bits per heavy atom. The van der Waals surface area contributed by atoms with Crippen molar-refractivity contribution in [3.8, 4) is 0 Å². The van der Waals surface area contributed by atoms with Crippen molar-refractivity contribution in [2.45, 2.75) is 19.4 Å². The third-order valence-corrected chi connectivity index (χ3v) is 2.89. The molecule has 20 heavy (non-hydrogen) atoms. The number of methoxy groups -OCH3 is 1. The number of anilines is 1. The highest BCUT2D eigenvalue weighted by Gasteiger charge is 2.06. The molecule has 2 aromatic rings. The van der Waals surface area contributed by atoms with Gasteiger partial charge in [-0.15, -0.1) is 0 Å². The standard InChI is InChI=1S/C14H18N4O2/c1-20-14(19)13-10-12(4-6-17-13)16-5-2-3-8-18-9-7-15-11-18/h4,6-7,9-11H,2-3,5,8H2,1H3,(H,16,17). The summed E-state index contributed by atoms with van der Waals surface area (Å²) in [4.78, 5) is 19.3. The highest BCUT2D eigenvalue weighted by Crippen LogP contribution is 2.09. The summed E-state index contributed by atoms with van der Waals surface area (Å²) in [5, 5.41) is 3.27. The SMILES string of the molecule is COC(=O)c1cc(NCCCCn2ccnc2)ccn1. The van der Waals surface area contributed by atoms with E-state index in [9.17, 15) is 4.79 Å². The fourth-order valence-corrected chi connectivity index (χ4v) is 1.83. The molecular formula is C14H18N4O2. The van der Waals surface area contributed by atoms with Crippen molar-refractivity contribution in [2.75, 3.05) is 19.0 Å². The number of carbonyl (C=O) groups excluding carboxylic acids is 1. The maximum absolute atomic E-state index is 11.4. The zero-order valence-corrected chi connectivity index (χ0v) is 11.5. The topological polar surface area (TPSA) is 69.0 Å². The summed E-state index contributed by atoms with van der Waals surface area (Å²) in [6, 6.07) is 3.53. The summed E-state index contributed by atoms with van der Waals surface area (Å²) in [7, 11) is 1.35. The van der Waals surface area contributed by atoms with Crippen LogP contribution >= 0.6 is 0 Å². The molecule has 0 aliphatic rings. The van der Waals surface area contributed by atoms with Crippen LogP contribution in [-0.2, 0) is 11.3 Å². The van der Waals surface area contributed by atoms with E-state index in [0.29, 0.717) is 5.69 Å². The number of hydrogen-bond acceptors (Lipinski definition) is 5. The molecular weight excluding hydrogens is 256 g/mol. The number of nitrogens with zero attached hydrogens (tertiary/aromatic N) is 3. The van der Waals surface area contributed by atoms with E-state index in [4.69, 9.17) is 0 Å². The van der Waals surface area contributed by atoms with Crippen LogP contribution in [-0.4, -0.2) is 34.2 Å². The molecule has 2 rings (SSSR count). The Morgan fingerprint density at radius 2 is 2.30 bits per heavy atom. The summed E-state index contributed by atoms with van der Waals surface area (Å²) < 4.78 is 6.70. The maximum Gasteiger partial charge on any atom is 0.356 e. The van der Waals surface area contributed by atoms with E-state index in [-0.39, 0.29) is 0 Å². The second-order valence-corrected chi connectivity index (χ2v) is 4.36. The van der Waals surface area contributed by atoms with Gasteiger partial charge in [0.25, 0.3) is 0 Å². The van der Waals surface area contributed by atoms with Crippen LogP contribution in [0.5, 0.6) is 0 Å². The van der Waals surface area contributed by atoms with Gasteiger partial charge in [0.05, 0.1) is 13.4 Å². The molecule has 0 aliphatic heterocycles. The molecule has 0 saturated carbocycles. The number of rotatable bonds is 7. The smallest absolute Gasteiger partial charge is 0.356 e. The largest absolute Gasteiger partial charge is 0.464 e. The van der Waals surface area contributed by atoms with E-state index in [1.807, 2.05) is 18.6 Å². The predicted molar refractivity (Wildman–Crippen MR) is 75.5 cm³/mol. The number of unbranched alkanes of at least 4 members (excludes halogenated alkanes) is 1. The van der Waals surface area contributed by atoms with Gasteiger partial charge in [0.1, 0.15) is 5.69 Å². The molecule has 6 heteroatoms. The average molecular weight is 274 g/mol. The van der Waals surface area contributed by atoms with Crippen molar-refractivity contribution in [3.63, 3.8) is 0 Å². The summed E-state index contributed by atoms with van der Waals surface area (Å²) in [6.07, 6.45) is 9.26. The van der Waals surface area contributed by atoms with E-state index in [2.05, 4.69) is 24.6 Å². The third kappa shape index (κ3) is 4.08. The minimum atomic E-state index is -0.422. The highest BCUT2D eigenvalue weighted by molar-refractivity contribution is 5.88. The van der Waals surface area contributed by atoms with Gasteiger partial charge in [0.2, 0.25) is 0 Å². The Morgan fingerprint density at radius 3 is 3.05 bits per heavy atom. The van der Waals surface area contributed by atoms with Gasteiger partial charge in [-0.25, -0.2) is 14.8 Å². The Balaban J connectivity index is 1.72. The number of aromatic nitrogens is 3. The molecule has 0 fully saturated rings. The number of ether oxygens (including phenoxy) is 1. The second kappa shape index (κ2) is 7.28. The first-order valence-corrected chi connectivity index (χ1v) is 6.53. The van der Waals surface area contributed by atoms with Crippen LogP contribution < -0.4 is 5.32 Å². The predicted octanol–water partition coefficient (Wildman–Crippen LogP) is 1.96. The number of esters is 1. The van der Waals surface area contributed by atoms with Gasteiger partial charge in [-0.3, -0.25) is 0 Å². The number of imidazole rings is 1. The number of nitrogens with one attached hydrogen (secondary N) is 1. The van der Waals surface area contributed by atoms with Crippen LogP contribution in [0.1, 0.15) is 23.3 Å². The zero-order chi connectivity index (χ0) is 14.2. The summed E-state index contributed by atoms with van der Waals surface area (Å²) in [5.41, 5.74) is 1.19. The van der Waals surface area contributed by atoms with Gasteiger partial charge < -0.3 is 14.6 Å². The normalized spacial score (nSPS) is 10.2. The lowest BCUT2D eigenvalue weighted by molar-refractivity contribution is 0.0594. The van der Waals surface area contributed by atoms with Crippen molar-refractivity contribution < 1.29 is 9.53 Å². The van der Waals surface area contributed by atoms with E-state index in [1.165, 1.54) is 7.11 Å². The molecule has 2 heterocycles. The Hall–Kier alpha value is -2.37. The van der Waals surface area contributed by atoms with Gasteiger partial charge in [-0.1, -0.05) is 0 Å². The fraction of sp³-hybridized carbons (Fsp3) is 0.357. The van der Waals surface area contributed by atoms with E-state index in [1.54, 1.807) is 18.5 Å². The molecule has 0 unspecified atom stereocenters. The van der Waals surface area contributed by atoms with Crippen molar-refractivity contribution in [3.05, 3.63) is 42.7 Å². The molecule has 0 radical (unpaired) electrons. The van der Waals surface area contributed by atoms with Gasteiger partial charge in [0, 0.05) is 37.4 Å². The Kier molecular flexibility index (Phi) is 5.11.